The number of benzene rings is 1. The van der Waals surface area contributed by atoms with Crippen molar-refractivity contribution in [2.24, 2.45) is 0 Å². The molecule has 0 saturated heterocycles. The summed E-state index contributed by atoms with van der Waals surface area (Å²) in [5, 5.41) is 0.864. The molecule has 0 atom stereocenters. The third kappa shape index (κ3) is 1.19. The molecular weight excluding hydrogens is 291 g/mol. The van der Waals surface area contributed by atoms with E-state index in [1.807, 2.05) is 0 Å². The van der Waals surface area contributed by atoms with Crippen LogP contribution in [0.5, 0.6) is 0 Å². The molecule has 4 heteroatoms. The lowest BCUT2D eigenvalue weighted by Gasteiger charge is -1.87. The van der Waals surface area contributed by atoms with Gasteiger partial charge in [-0.05, 0) is 44.0 Å². The number of halogens is 3. The highest BCUT2D eigenvalue weighted by Crippen LogP contribution is 2.34. The van der Waals surface area contributed by atoms with Gasteiger partial charge in [-0.3, -0.25) is 0 Å². The molecule has 1 heterocycles. The minimum absolute atomic E-state index is 0.295. The number of hydrogen-bond acceptors (Lipinski definition) is 1. The standard InChI is InChI=1S/C8H3Br2FO/c9-7-5-2-1-4(11)3-6(5)12-8(7)10/h1-3H. The van der Waals surface area contributed by atoms with Gasteiger partial charge in [-0.25, -0.2) is 4.39 Å². The molecule has 0 aliphatic heterocycles. The van der Waals surface area contributed by atoms with Crippen molar-refractivity contribution in [3.63, 3.8) is 0 Å². The summed E-state index contributed by atoms with van der Waals surface area (Å²) < 4.78 is 19.3. The van der Waals surface area contributed by atoms with Crippen LogP contribution >= 0.6 is 31.9 Å². The van der Waals surface area contributed by atoms with Crippen molar-refractivity contribution in [3.05, 3.63) is 33.2 Å². The lowest BCUT2D eigenvalue weighted by atomic mass is 10.2. The molecule has 0 fully saturated rings. The largest absolute Gasteiger partial charge is 0.448 e. The Morgan fingerprint density at radius 3 is 2.75 bits per heavy atom. The van der Waals surface area contributed by atoms with Crippen LogP contribution < -0.4 is 0 Å². The topological polar surface area (TPSA) is 13.1 Å². The van der Waals surface area contributed by atoms with Crippen LogP contribution in [0.3, 0.4) is 0 Å². The number of rotatable bonds is 0. The monoisotopic (exact) mass is 292 g/mol. The molecule has 1 nitrogen and oxygen atoms in total. The molecule has 2 aromatic rings. The average molecular weight is 294 g/mol. The maximum absolute atomic E-state index is 12.7. The van der Waals surface area contributed by atoms with Crippen LogP contribution in [0.4, 0.5) is 4.39 Å². The highest BCUT2D eigenvalue weighted by atomic mass is 79.9. The highest BCUT2D eigenvalue weighted by Gasteiger charge is 2.09. The minimum Gasteiger partial charge on any atom is -0.448 e. The first-order valence-electron chi connectivity index (χ1n) is 3.21. The van der Waals surface area contributed by atoms with Crippen molar-refractivity contribution < 1.29 is 8.81 Å². The predicted molar refractivity (Wildman–Crippen MR) is 51.6 cm³/mol. The Balaban J connectivity index is 2.87. The summed E-state index contributed by atoms with van der Waals surface area (Å²) in [4.78, 5) is 0. The van der Waals surface area contributed by atoms with Crippen LogP contribution in [-0.4, -0.2) is 0 Å². The smallest absolute Gasteiger partial charge is 0.184 e. The van der Waals surface area contributed by atoms with Crippen LogP contribution in [0.25, 0.3) is 11.0 Å². The average Bonchev–Trinajstić information content (AvgIpc) is 2.28. The Hall–Kier alpha value is -0.350. The van der Waals surface area contributed by atoms with E-state index in [2.05, 4.69) is 31.9 Å². The van der Waals surface area contributed by atoms with Gasteiger partial charge >= 0.3 is 0 Å². The lowest BCUT2D eigenvalue weighted by molar-refractivity contribution is 0.576. The van der Waals surface area contributed by atoms with E-state index in [9.17, 15) is 4.39 Å². The summed E-state index contributed by atoms with van der Waals surface area (Å²) in [6.45, 7) is 0. The SMILES string of the molecule is Fc1ccc2c(Br)c(Br)oc2c1. The fourth-order valence-electron chi connectivity index (χ4n) is 1.01. The quantitative estimate of drug-likeness (QED) is 0.713. The van der Waals surface area contributed by atoms with Crippen molar-refractivity contribution >= 4 is 42.8 Å². The summed E-state index contributed by atoms with van der Waals surface area (Å²) in [7, 11) is 0. The maximum atomic E-state index is 12.7. The first kappa shape index (κ1) is 8.26. The zero-order valence-electron chi connectivity index (χ0n) is 5.77. The summed E-state index contributed by atoms with van der Waals surface area (Å²) in [5.74, 6) is -0.295. The van der Waals surface area contributed by atoms with Crippen molar-refractivity contribution in [3.8, 4) is 0 Å². The van der Waals surface area contributed by atoms with Gasteiger partial charge in [-0.15, -0.1) is 0 Å². The van der Waals surface area contributed by atoms with E-state index in [4.69, 9.17) is 4.42 Å². The molecule has 0 unspecified atom stereocenters. The lowest BCUT2D eigenvalue weighted by Crippen LogP contribution is -1.70. The molecule has 0 aliphatic rings. The number of furan rings is 1. The Labute approximate surface area is 84.8 Å². The van der Waals surface area contributed by atoms with Gasteiger partial charge in [0.05, 0.1) is 4.47 Å². The maximum Gasteiger partial charge on any atom is 0.184 e. The molecule has 12 heavy (non-hydrogen) atoms. The first-order valence-corrected chi connectivity index (χ1v) is 4.80. The van der Waals surface area contributed by atoms with Gasteiger partial charge in [-0.1, -0.05) is 0 Å². The van der Waals surface area contributed by atoms with Crippen LogP contribution in [-0.2, 0) is 0 Å². The van der Waals surface area contributed by atoms with E-state index >= 15 is 0 Å². The van der Waals surface area contributed by atoms with Crippen LogP contribution in [0.2, 0.25) is 0 Å². The number of fused-ring (bicyclic) bond motifs is 1. The molecule has 1 aromatic carbocycles. The summed E-state index contributed by atoms with van der Waals surface area (Å²) in [6.07, 6.45) is 0. The normalized spacial score (nSPS) is 10.9. The predicted octanol–water partition coefficient (Wildman–Crippen LogP) is 4.10. The zero-order valence-corrected chi connectivity index (χ0v) is 8.95. The van der Waals surface area contributed by atoms with E-state index in [0.29, 0.717) is 10.3 Å². The molecule has 0 aliphatic carbocycles. The van der Waals surface area contributed by atoms with Crippen LogP contribution in [0.1, 0.15) is 0 Å². The summed E-state index contributed by atoms with van der Waals surface area (Å²) in [6, 6.07) is 4.42. The van der Waals surface area contributed by atoms with E-state index in [1.165, 1.54) is 12.1 Å². The third-order valence-corrected chi connectivity index (χ3v) is 3.43. The molecule has 0 N–H and O–H groups in total. The molecule has 0 saturated carbocycles. The van der Waals surface area contributed by atoms with Crippen molar-refractivity contribution in [2.45, 2.75) is 0 Å². The van der Waals surface area contributed by atoms with E-state index in [0.717, 1.165) is 9.86 Å². The Kier molecular flexibility index (Phi) is 1.96. The van der Waals surface area contributed by atoms with Crippen molar-refractivity contribution in [1.82, 2.24) is 0 Å². The minimum atomic E-state index is -0.295. The molecule has 0 amide bonds. The fourth-order valence-corrected chi connectivity index (χ4v) is 1.81. The molecule has 1 aromatic heterocycles. The molecular formula is C8H3Br2FO. The van der Waals surface area contributed by atoms with Crippen molar-refractivity contribution in [2.75, 3.05) is 0 Å². The van der Waals surface area contributed by atoms with Gasteiger partial charge in [-0.2, -0.15) is 0 Å². The Morgan fingerprint density at radius 1 is 1.25 bits per heavy atom. The Bertz CT molecular complexity index is 436. The second-order valence-corrected chi connectivity index (χ2v) is 3.84. The summed E-state index contributed by atoms with van der Waals surface area (Å²) in [5.41, 5.74) is 0.536. The van der Waals surface area contributed by atoms with E-state index in [1.54, 1.807) is 6.07 Å². The third-order valence-electron chi connectivity index (χ3n) is 1.55. The molecule has 0 spiro atoms. The first-order chi connectivity index (χ1) is 5.68. The molecule has 0 bridgehead atoms. The second-order valence-electron chi connectivity index (χ2n) is 2.33. The van der Waals surface area contributed by atoms with E-state index < -0.39 is 0 Å². The molecule has 62 valence electrons. The van der Waals surface area contributed by atoms with Gasteiger partial charge in [0.15, 0.2) is 4.67 Å². The highest BCUT2D eigenvalue weighted by molar-refractivity contribution is 9.13. The zero-order chi connectivity index (χ0) is 8.72. The second kappa shape index (κ2) is 2.85. The van der Waals surface area contributed by atoms with Crippen molar-refractivity contribution in [1.29, 1.82) is 0 Å². The Morgan fingerprint density at radius 2 is 2.00 bits per heavy atom. The van der Waals surface area contributed by atoms with E-state index in [-0.39, 0.29) is 5.82 Å². The number of hydrogen-bond donors (Lipinski definition) is 0. The van der Waals surface area contributed by atoms with Gasteiger partial charge < -0.3 is 4.42 Å². The van der Waals surface area contributed by atoms with Crippen LogP contribution in [0.15, 0.2) is 31.8 Å². The van der Waals surface area contributed by atoms with Crippen LogP contribution in [0, 0.1) is 5.82 Å². The van der Waals surface area contributed by atoms with Gasteiger partial charge in [0.2, 0.25) is 0 Å². The van der Waals surface area contributed by atoms with Gasteiger partial charge in [0.1, 0.15) is 11.4 Å². The summed E-state index contributed by atoms with van der Waals surface area (Å²) >= 11 is 6.51. The molecule has 0 radical (unpaired) electrons. The van der Waals surface area contributed by atoms with Gasteiger partial charge in [0, 0.05) is 11.5 Å². The molecule has 2 rings (SSSR count). The fraction of sp³-hybridized carbons (Fsp3) is 0. The van der Waals surface area contributed by atoms with Gasteiger partial charge in [0.25, 0.3) is 0 Å².